The molecule has 2 unspecified atom stereocenters. The molecule has 0 aromatic heterocycles. The number of aliphatic hydroxyl groups is 1. The maximum absolute atomic E-state index is 10.4. The smallest absolute Gasteiger partial charge is 0.0832 e. The molecular weight excluding hydrogens is 184 g/mol. The lowest BCUT2D eigenvalue weighted by Gasteiger charge is -2.36. The van der Waals surface area contributed by atoms with E-state index < -0.39 is 5.60 Å². The number of hydrogen-bond acceptors (Lipinski definition) is 1. The summed E-state index contributed by atoms with van der Waals surface area (Å²) in [7, 11) is 0. The van der Waals surface area contributed by atoms with Gasteiger partial charge in [-0.25, -0.2) is 0 Å². The summed E-state index contributed by atoms with van der Waals surface area (Å²) < 4.78 is 0. The van der Waals surface area contributed by atoms with Crippen molar-refractivity contribution in [1.82, 2.24) is 0 Å². The first kappa shape index (κ1) is 12.8. The highest BCUT2D eigenvalue weighted by molar-refractivity contribution is 5.08. The summed E-state index contributed by atoms with van der Waals surface area (Å²) in [5, 5.41) is 10.4. The average molecular weight is 210 g/mol. The van der Waals surface area contributed by atoms with Crippen molar-refractivity contribution in [2.45, 2.75) is 65.4 Å². The van der Waals surface area contributed by atoms with Crippen LogP contribution in [0.5, 0.6) is 0 Å². The minimum atomic E-state index is -0.503. The molecule has 0 heterocycles. The Morgan fingerprint density at radius 1 is 1.47 bits per heavy atom. The second-order valence-electron chi connectivity index (χ2n) is 5.92. The van der Waals surface area contributed by atoms with Crippen LogP contribution in [0.4, 0.5) is 0 Å². The molecule has 1 heteroatoms. The van der Waals surface area contributed by atoms with Gasteiger partial charge in [-0.1, -0.05) is 31.9 Å². The van der Waals surface area contributed by atoms with Crippen LogP contribution in [-0.4, -0.2) is 10.7 Å². The van der Waals surface area contributed by atoms with E-state index in [2.05, 4.69) is 33.8 Å². The van der Waals surface area contributed by atoms with E-state index in [4.69, 9.17) is 0 Å². The molecule has 0 bridgehead atoms. The summed E-state index contributed by atoms with van der Waals surface area (Å²) in [5.41, 5.74) is 0.735. The van der Waals surface area contributed by atoms with Crippen molar-refractivity contribution < 1.29 is 5.11 Å². The van der Waals surface area contributed by atoms with Crippen LogP contribution in [0.15, 0.2) is 11.6 Å². The second kappa shape index (κ2) is 5.16. The molecule has 15 heavy (non-hydrogen) atoms. The Hall–Kier alpha value is -0.300. The van der Waals surface area contributed by atoms with Gasteiger partial charge in [-0.3, -0.25) is 0 Å². The predicted molar refractivity (Wildman–Crippen MR) is 65.8 cm³/mol. The van der Waals surface area contributed by atoms with Gasteiger partial charge < -0.3 is 5.11 Å². The van der Waals surface area contributed by atoms with E-state index in [-0.39, 0.29) is 0 Å². The van der Waals surface area contributed by atoms with Gasteiger partial charge in [-0.05, 0) is 51.4 Å². The van der Waals surface area contributed by atoms with E-state index >= 15 is 0 Å². The molecule has 0 aromatic rings. The van der Waals surface area contributed by atoms with Crippen molar-refractivity contribution in [3.8, 4) is 0 Å². The minimum absolute atomic E-state index is 0.503. The lowest BCUT2D eigenvalue weighted by Crippen LogP contribution is -2.33. The van der Waals surface area contributed by atoms with Gasteiger partial charge >= 0.3 is 0 Å². The minimum Gasteiger partial charge on any atom is -0.386 e. The molecule has 0 aliphatic heterocycles. The second-order valence-corrected chi connectivity index (χ2v) is 5.92. The van der Waals surface area contributed by atoms with Gasteiger partial charge in [-0.15, -0.1) is 0 Å². The summed E-state index contributed by atoms with van der Waals surface area (Å²) in [6, 6.07) is 0. The fraction of sp³-hybridized carbons (Fsp3) is 0.857. The average Bonchev–Trinajstić information content (AvgIpc) is 1.99. The summed E-state index contributed by atoms with van der Waals surface area (Å²) >= 11 is 0. The summed E-state index contributed by atoms with van der Waals surface area (Å²) in [6.07, 6.45) is 7.73. The van der Waals surface area contributed by atoms with E-state index in [1.54, 1.807) is 0 Å². The van der Waals surface area contributed by atoms with Crippen molar-refractivity contribution in [2.75, 3.05) is 0 Å². The summed E-state index contributed by atoms with van der Waals surface area (Å²) in [5.74, 6) is 1.48. The molecule has 1 fully saturated rings. The van der Waals surface area contributed by atoms with Crippen LogP contribution in [0.3, 0.4) is 0 Å². The topological polar surface area (TPSA) is 20.2 Å². The molecule has 1 saturated carbocycles. The van der Waals surface area contributed by atoms with Gasteiger partial charge in [0.05, 0.1) is 5.60 Å². The van der Waals surface area contributed by atoms with Crippen molar-refractivity contribution in [3.63, 3.8) is 0 Å². The molecule has 0 saturated heterocycles. The van der Waals surface area contributed by atoms with Gasteiger partial charge in [0, 0.05) is 0 Å². The quantitative estimate of drug-likeness (QED) is 0.700. The molecule has 88 valence electrons. The number of allylic oxidation sites excluding steroid dienone is 1. The van der Waals surface area contributed by atoms with Gasteiger partial charge in [0.15, 0.2) is 0 Å². The number of hydrogen-bond donors (Lipinski definition) is 1. The zero-order valence-corrected chi connectivity index (χ0v) is 10.7. The Labute approximate surface area is 94.6 Å². The fourth-order valence-corrected chi connectivity index (χ4v) is 2.94. The maximum atomic E-state index is 10.4. The molecule has 1 rings (SSSR count). The van der Waals surface area contributed by atoms with Crippen molar-refractivity contribution in [1.29, 1.82) is 0 Å². The van der Waals surface area contributed by atoms with Crippen molar-refractivity contribution in [3.05, 3.63) is 11.6 Å². The molecule has 0 spiro atoms. The van der Waals surface area contributed by atoms with E-state index in [9.17, 15) is 5.11 Å². The van der Waals surface area contributed by atoms with Crippen LogP contribution in [0, 0.1) is 11.8 Å². The normalized spacial score (nSPS) is 31.7. The predicted octanol–water partition coefficient (Wildman–Crippen LogP) is 3.92. The zero-order valence-electron chi connectivity index (χ0n) is 10.7. The first-order valence-corrected chi connectivity index (χ1v) is 6.30. The lowest BCUT2D eigenvalue weighted by molar-refractivity contribution is 0.0230. The van der Waals surface area contributed by atoms with Crippen LogP contribution < -0.4 is 0 Å². The molecule has 0 aromatic carbocycles. The van der Waals surface area contributed by atoms with Crippen LogP contribution >= 0.6 is 0 Å². The number of rotatable bonds is 3. The van der Waals surface area contributed by atoms with Gasteiger partial charge in [0.25, 0.3) is 0 Å². The molecule has 1 aliphatic carbocycles. The zero-order chi connectivity index (χ0) is 11.5. The molecule has 0 radical (unpaired) electrons. The SMILES string of the molecule is CC(C)=CC1(O)CCCC(CC(C)C)C1. The van der Waals surface area contributed by atoms with Crippen LogP contribution in [0.25, 0.3) is 0 Å². The standard InChI is InChI=1S/C14H26O/c1-11(2)8-13-6-5-7-14(15,10-13)9-12(3)4/h9,11,13,15H,5-8,10H2,1-4H3. The summed E-state index contributed by atoms with van der Waals surface area (Å²) in [4.78, 5) is 0. The Balaban J connectivity index is 2.58. The van der Waals surface area contributed by atoms with Crippen LogP contribution in [0.1, 0.15) is 59.8 Å². The lowest BCUT2D eigenvalue weighted by atomic mass is 9.74. The third-order valence-electron chi connectivity index (χ3n) is 3.23. The van der Waals surface area contributed by atoms with E-state index in [0.717, 1.165) is 24.7 Å². The van der Waals surface area contributed by atoms with Gasteiger partial charge in [0.1, 0.15) is 0 Å². The van der Waals surface area contributed by atoms with E-state index in [1.807, 2.05) is 0 Å². The fourth-order valence-electron chi connectivity index (χ4n) is 2.94. The van der Waals surface area contributed by atoms with Gasteiger partial charge in [-0.2, -0.15) is 0 Å². The highest BCUT2D eigenvalue weighted by atomic mass is 16.3. The molecule has 1 nitrogen and oxygen atoms in total. The molecule has 0 amide bonds. The highest BCUT2D eigenvalue weighted by Gasteiger charge is 2.32. The van der Waals surface area contributed by atoms with Crippen LogP contribution in [-0.2, 0) is 0 Å². The molecule has 1 aliphatic rings. The Morgan fingerprint density at radius 2 is 2.13 bits per heavy atom. The molecular formula is C14H26O. The van der Waals surface area contributed by atoms with Crippen molar-refractivity contribution in [2.24, 2.45) is 11.8 Å². The largest absolute Gasteiger partial charge is 0.386 e. The Kier molecular flexibility index (Phi) is 4.39. The third kappa shape index (κ3) is 4.38. The Morgan fingerprint density at radius 3 is 2.67 bits per heavy atom. The van der Waals surface area contributed by atoms with Crippen molar-refractivity contribution >= 4 is 0 Å². The first-order chi connectivity index (χ1) is 6.91. The highest BCUT2D eigenvalue weighted by Crippen LogP contribution is 2.37. The first-order valence-electron chi connectivity index (χ1n) is 6.30. The maximum Gasteiger partial charge on any atom is 0.0832 e. The molecule has 1 N–H and O–H groups in total. The third-order valence-corrected chi connectivity index (χ3v) is 3.23. The van der Waals surface area contributed by atoms with E-state index in [0.29, 0.717) is 0 Å². The monoisotopic (exact) mass is 210 g/mol. The van der Waals surface area contributed by atoms with Gasteiger partial charge in [0.2, 0.25) is 0 Å². The van der Waals surface area contributed by atoms with E-state index in [1.165, 1.54) is 24.8 Å². The summed E-state index contributed by atoms with van der Waals surface area (Å²) in [6.45, 7) is 8.69. The Bertz CT molecular complexity index is 225. The van der Waals surface area contributed by atoms with Crippen LogP contribution in [0.2, 0.25) is 0 Å². The molecule has 2 atom stereocenters.